The number of furan rings is 1. The summed E-state index contributed by atoms with van der Waals surface area (Å²) in [6, 6.07) is 11.3. The standard InChI is InChI=1S/C19H16ClN3O2S/c1-23(9-14-3-2-8-25-14)10-16-21-18(24)17-15(11-26-19(17)22-16)12-4-6-13(20)7-5-12/h2-8,11H,9-10H2,1H3,(H,21,22,24)/p+1. The third-order valence-electron chi connectivity index (χ3n) is 4.17. The lowest BCUT2D eigenvalue weighted by atomic mass is 10.1. The molecular weight excluding hydrogens is 370 g/mol. The van der Waals surface area contributed by atoms with Gasteiger partial charge in [0.1, 0.15) is 17.9 Å². The molecule has 3 aromatic heterocycles. The first-order valence-electron chi connectivity index (χ1n) is 8.20. The van der Waals surface area contributed by atoms with Gasteiger partial charge in [-0.2, -0.15) is 0 Å². The quantitative estimate of drug-likeness (QED) is 0.554. The number of nitrogens with one attached hydrogen (secondary N) is 2. The first-order valence-corrected chi connectivity index (χ1v) is 9.46. The molecule has 4 rings (SSSR count). The molecule has 7 heteroatoms. The highest BCUT2D eigenvalue weighted by molar-refractivity contribution is 7.17. The van der Waals surface area contributed by atoms with Crippen LogP contribution in [0.15, 0.2) is 57.3 Å². The van der Waals surface area contributed by atoms with Crippen LogP contribution in [0.4, 0.5) is 0 Å². The Morgan fingerprint density at radius 2 is 2.04 bits per heavy atom. The minimum atomic E-state index is -0.109. The van der Waals surface area contributed by atoms with Gasteiger partial charge in [-0.05, 0) is 29.8 Å². The van der Waals surface area contributed by atoms with Crippen LogP contribution in [0, 0.1) is 0 Å². The van der Waals surface area contributed by atoms with E-state index in [1.54, 1.807) is 6.26 Å². The molecule has 1 aromatic carbocycles. The van der Waals surface area contributed by atoms with Gasteiger partial charge < -0.3 is 14.3 Å². The predicted octanol–water partition coefficient (Wildman–Crippen LogP) is 3.11. The van der Waals surface area contributed by atoms with Gasteiger partial charge in [0.25, 0.3) is 5.56 Å². The average Bonchev–Trinajstić information content (AvgIpc) is 3.25. The minimum Gasteiger partial charge on any atom is -0.463 e. The molecule has 132 valence electrons. The topological polar surface area (TPSA) is 63.3 Å². The average molecular weight is 387 g/mol. The fraction of sp³-hybridized carbons (Fsp3) is 0.158. The van der Waals surface area contributed by atoms with Crippen molar-refractivity contribution in [2.24, 2.45) is 0 Å². The largest absolute Gasteiger partial charge is 0.463 e. The second-order valence-corrected chi connectivity index (χ2v) is 7.53. The lowest BCUT2D eigenvalue weighted by Crippen LogP contribution is -3.06. The molecule has 26 heavy (non-hydrogen) atoms. The van der Waals surface area contributed by atoms with Crippen molar-refractivity contribution in [1.82, 2.24) is 9.97 Å². The van der Waals surface area contributed by atoms with Gasteiger partial charge in [0, 0.05) is 16.0 Å². The van der Waals surface area contributed by atoms with Gasteiger partial charge in [-0.1, -0.05) is 23.7 Å². The van der Waals surface area contributed by atoms with Crippen LogP contribution in [0.25, 0.3) is 21.3 Å². The van der Waals surface area contributed by atoms with Gasteiger partial charge in [-0.25, -0.2) is 4.98 Å². The van der Waals surface area contributed by atoms with E-state index in [0.717, 1.165) is 28.3 Å². The molecular formula is C19H17ClN3O2S+. The molecule has 3 heterocycles. The number of quaternary nitrogens is 1. The molecule has 4 aromatic rings. The molecule has 0 radical (unpaired) electrons. The van der Waals surface area contributed by atoms with E-state index < -0.39 is 0 Å². The SMILES string of the molecule is C[NH+](Cc1nc2scc(-c3ccc(Cl)cc3)c2c(=O)[nH]1)Cc1ccco1. The lowest BCUT2D eigenvalue weighted by molar-refractivity contribution is -0.909. The van der Waals surface area contributed by atoms with Crippen molar-refractivity contribution in [2.75, 3.05) is 7.05 Å². The van der Waals surface area contributed by atoms with Crippen LogP contribution in [0.5, 0.6) is 0 Å². The zero-order valence-electron chi connectivity index (χ0n) is 14.1. The number of thiophene rings is 1. The van der Waals surface area contributed by atoms with Crippen LogP contribution < -0.4 is 10.5 Å². The Balaban J connectivity index is 1.63. The van der Waals surface area contributed by atoms with Gasteiger partial charge in [0.2, 0.25) is 0 Å². The van der Waals surface area contributed by atoms with Crippen molar-refractivity contribution in [3.05, 3.63) is 75.0 Å². The maximum Gasteiger partial charge on any atom is 0.260 e. The number of halogens is 1. The molecule has 0 saturated heterocycles. The second-order valence-electron chi connectivity index (χ2n) is 6.24. The smallest absolute Gasteiger partial charge is 0.260 e. The summed E-state index contributed by atoms with van der Waals surface area (Å²) in [6.07, 6.45) is 1.67. The van der Waals surface area contributed by atoms with Gasteiger partial charge in [0.05, 0.1) is 18.7 Å². The summed E-state index contributed by atoms with van der Waals surface area (Å²) in [5.74, 6) is 1.59. The highest BCUT2D eigenvalue weighted by Crippen LogP contribution is 2.31. The van der Waals surface area contributed by atoms with Crippen LogP contribution >= 0.6 is 22.9 Å². The van der Waals surface area contributed by atoms with E-state index in [-0.39, 0.29) is 5.56 Å². The third kappa shape index (κ3) is 3.44. The fourth-order valence-electron chi connectivity index (χ4n) is 2.98. The van der Waals surface area contributed by atoms with Crippen LogP contribution in [0.2, 0.25) is 5.02 Å². The Labute approximate surface area is 158 Å². The van der Waals surface area contributed by atoms with E-state index in [2.05, 4.69) is 9.97 Å². The van der Waals surface area contributed by atoms with Gasteiger partial charge in [0.15, 0.2) is 11.6 Å². The zero-order valence-corrected chi connectivity index (χ0v) is 15.7. The molecule has 0 aliphatic rings. The number of aromatic nitrogens is 2. The molecule has 0 amide bonds. The van der Waals surface area contributed by atoms with Crippen molar-refractivity contribution in [3.63, 3.8) is 0 Å². The summed E-state index contributed by atoms with van der Waals surface area (Å²) in [5, 5.41) is 3.27. The Morgan fingerprint density at radius 3 is 2.77 bits per heavy atom. The first-order chi connectivity index (χ1) is 12.6. The van der Waals surface area contributed by atoms with Crippen molar-refractivity contribution in [3.8, 4) is 11.1 Å². The normalized spacial score (nSPS) is 12.5. The van der Waals surface area contributed by atoms with Crippen LogP contribution in [0.1, 0.15) is 11.6 Å². The molecule has 0 fully saturated rings. The molecule has 1 unspecified atom stereocenters. The lowest BCUT2D eigenvalue weighted by Gasteiger charge is -2.11. The van der Waals surface area contributed by atoms with E-state index >= 15 is 0 Å². The van der Waals surface area contributed by atoms with Gasteiger partial charge in [-0.3, -0.25) is 4.79 Å². The molecule has 1 atom stereocenters. The Kier molecular flexibility index (Phi) is 4.63. The summed E-state index contributed by atoms with van der Waals surface area (Å²) >= 11 is 7.44. The number of hydrogen-bond donors (Lipinski definition) is 2. The maximum absolute atomic E-state index is 12.7. The van der Waals surface area contributed by atoms with E-state index in [9.17, 15) is 4.79 Å². The van der Waals surface area contributed by atoms with Crippen molar-refractivity contribution >= 4 is 33.2 Å². The Morgan fingerprint density at radius 1 is 1.23 bits per heavy atom. The molecule has 0 bridgehead atoms. The summed E-state index contributed by atoms with van der Waals surface area (Å²) in [5.41, 5.74) is 1.74. The van der Waals surface area contributed by atoms with Gasteiger partial charge >= 0.3 is 0 Å². The van der Waals surface area contributed by atoms with E-state index in [4.69, 9.17) is 16.0 Å². The van der Waals surface area contributed by atoms with Gasteiger partial charge in [-0.15, -0.1) is 11.3 Å². The number of aromatic amines is 1. The van der Waals surface area contributed by atoms with Crippen molar-refractivity contribution < 1.29 is 9.32 Å². The van der Waals surface area contributed by atoms with Crippen LogP contribution in [0.3, 0.4) is 0 Å². The zero-order chi connectivity index (χ0) is 18.1. The summed E-state index contributed by atoms with van der Waals surface area (Å²) in [4.78, 5) is 22.2. The molecule has 2 N–H and O–H groups in total. The molecule has 0 saturated carbocycles. The van der Waals surface area contributed by atoms with Crippen LogP contribution in [-0.2, 0) is 13.1 Å². The van der Waals surface area contributed by atoms with Crippen molar-refractivity contribution in [1.29, 1.82) is 0 Å². The first kappa shape index (κ1) is 17.0. The maximum atomic E-state index is 12.7. The number of rotatable bonds is 5. The number of nitrogens with zero attached hydrogens (tertiary/aromatic N) is 1. The number of fused-ring (bicyclic) bond motifs is 1. The molecule has 5 nitrogen and oxygen atoms in total. The minimum absolute atomic E-state index is 0.109. The van der Waals surface area contributed by atoms with E-state index in [0.29, 0.717) is 22.8 Å². The monoisotopic (exact) mass is 386 g/mol. The summed E-state index contributed by atoms with van der Waals surface area (Å²) in [6.45, 7) is 1.34. The Hall–Kier alpha value is -2.41. The highest BCUT2D eigenvalue weighted by atomic mass is 35.5. The summed E-state index contributed by atoms with van der Waals surface area (Å²) in [7, 11) is 2.04. The molecule has 0 aliphatic heterocycles. The Bertz CT molecular complexity index is 1080. The highest BCUT2D eigenvalue weighted by Gasteiger charge is 2.15. The molecule has 0 aliphatic carbocycles. The van der Waals surface area contributed by atoms with Crippen LogP contribution in [-0.4, -0.2) is 17.0 Å². The van der Waals surface area contributed by atoms with E-state index in [1.165, 1.54) is 16.2 Å². The van der Waals surface area contributed by atoms with E-state index in [1.807, 2.05) is 48.8 Å². The third-order valence-corrected chi connectivity index (χ3v) is 5.30. The number of H-pyrrole nitrogens is 1. The fourth-order valence-corrected chi connectivity index (χ4v) is 4.07. The number of hydrogen-bond acceptors (Lipinski definition) is 4. The predicted molar refractivity (Wildman–Crippen MR) is 104 cm³/mol. The number of benzene rings is 1. The van der Waals surface area contributed by atoms with Crippen molar-refractivity contribution in [2.45, 2.75) is 13.1 Å². The molecule has 0 spiro atoms. The summed E-state index contributed by atoms with van der Waals surface area (Å²) < 4.78 is 5.38. The second kappa shape index (κ2) is 7.07.